The topological polar surface area (TPSA) is 51.0 Å². The summed E-state index contributed by atoms with van der Waals surface area (Å²) in [5.41, 5.74) is 0.460. The van der Waals surface area contributed by atoms with Crippen LogP contribution in [-0.4, -0.2) is 32.1 Å². The standard InChI is InChI=1S/C11H10Cl2N4OS/c1-6-14-15-9-5-16(2-3-17(6)9)11(18)7-4-8(12)19-10(7)13/h4H,2-3,5H2,1H3. The van der Waals surface area contributed by atoms with Crippen LogP contribution in [-0.2, 0) is 13.1 Å². The van der Waals surface area contributed by atoms with Gasteiger partial charge in [0.15, 0.2) is 5.82 Å². The van der Waals surface area contributed by atoms with Crippen LogP contribution in [0.2, 0.25) is 8.67 Å². The molecule has 1 aliphatic rings. The molecule has 8 heteroatoms. The van der Waals surface area contributed by atoms with E-state index >= 15 is 0 Å². The molecule has 2 aromatic rings. The number of hydrogen-bond acceptors (Lipinski definition) is 4. The number of hydrogen-bond donors (Lipinski definition) is 0. The van der Waals surface area contributed by atoms with Gasteiger partial charge in [-0.1, -0.05) is 23.2 Å². The van der Waals surface area contributed by atoms with E-state index in [1.165, 1.54) is 11.3 Å². The number of amides is 1. The normalized spacial score (nSPS) is 14.6. The first-order chi connectivity index (χ1) is 9.06. The van der Waals surface area contributed by atoms with E-state index in [0.717, 1.165) is 11.6 Å². The highest BCUT2D eigenvalue weighted by Crippen LogP contribution is 2.32. The number of thiophene rings is 1. The summed E-state index contributed by atoms with van der Waals surface area (Å²) < 4.78 is 2.97. The highest BCUT2D eigenvalue weighted by molar-refractivity contribution is 7.20. The number of nitrogens with zero attached hydrogens (tertiary/aromatic N) is 4. The van der Waals surface area contributed by atoms with E-state index in [2.05, 4.69) is 10.2 Å². The molecule has 0 N–H and O–H groups in total. The summed E-state index contributed by atoms with van der Waals surface area (Å²) in [7, 11) is 0. The predicted molar refractivity (Wildman–Crippen MR) is 73.8 cm³/mol. The summed E-state index contributed by atoms with van der Waals surface area (Å²) in [6.07, 6.45) is 0. The van der Waals surface area contributed by atoms with E-state index in [-0.39, 0.29) is 5.91 Å². The zero-order valence-electron chi connectivity index (χ0n) is 10.1. The summed E-state index contributed by atoms with van der Waals surface area (Å²) in [5.74, 6) is 1.56. The molecule has 0 unspecified atom stereocenters. The van der Waals surface area contributed by atoms with Gasteiger partial charge >= 0.3 is 0 Å². The first kappa shape index (κ1) is 12.9. The Bertz CT molecular complexity index is 651. The van der Waals surface area contributed by atoms with Gasteiger partial charge in [0.25, 0.3) is 5.91 Å². The van der Waals surface area contributed by atoms with Crippen LogP contribution >= 0.6 is 34.5 Å². The number of carbonyl (C=O) groups is 1. The molecule has 0 spiro atoms. The van der Waals surface area contributed by atoms with Crippen molar-refractivity contribution in [2.24, 2.45) is 0 Å². The third kappa shape index (κ3) is 2.24. The molecule has 0 bridgehead atoms. The van der Waals surface area contributed by atoms with Gasteiger partial charge in [-0.15, -0.1) is 21.5 Å². The molecule has 19 heavy (non-hydrogen) atoms. The maximum atomic E-state index is 12.4. The van der Waals surface area contributed by atoms with Crippen LogP contribution < -0.4 is 0 Å². The first-order valence-corrected chi connectivity index (χ1v) is 7.26. The number of halogens is 2. The van der Waals surface area contributed by atoms with Gasteiger partial charge in [0.05, 0.1) is 16.4 Å². The van der Waals surface area contributed by atoms with Crippen molar-refractivity contribution in [3.8, 4) is 0 Å². The van der Waals surface area contributed by atoms with Crippen LogP contribution in [0.15, 0.2) is 6.07 Å². The van der Waals surface area contributed by atoms with E-state index in [0.29, 0.717) is 33.9 Å². The van der Waals surface area contributed by atoms with Crippen molar-refractivity contribution in [3.63, 3.8) is 0 Å². The fourth-order valence-electron chi connectivity index (χ4n) is 2.13. The van der Waals surface area contributed by atoms with Gasteiger partial charge in [0.1, 0.15) is 10.2 Å². The van der Waals surface area contributed by atoms with Crippen molar-refractivity contribution in [2.75, 3.05) is 6.54 Å². The molecule has 0 saturated heterocycles. The zero-order chi connectivity index (χ0) is 13.6. The minimum Gasteiger partial charge on any atom is -0.329 e. The minimum atomic E-state index is -0.111. The third-order valence-electron chi connectivity index (χ3n) is 3.11. The summed E-state index contributed by atoms with van der Waals surface area (Å²) in [6.45, 7) is 3.68. The summed E-state index contributed by atoms with van der Waals surface area (Å²) in [6, 6.07) is 1.61. The lowest BCUT2D eigenvalue weighted by molar-refractivity contribution is 0.0707. The molecule has 0 fully saturated rings. The zero-order valence-corrected chi connectivity index (χ0v) is 12.4. The molecule has 3 heterocycles. The van der Waals surface area contributed by atoms with Gasteiger partial charge in [-0.2, -0.15) is 0 Å². The molecule has 0 atom stereocenters. The molecule has 0 radical (unpaired) electrons. The van der Waals surface area contributed by atoms with Crippen molar-refractivity contribution in [3.05, 3.63) is 32.0 Å². The number of carbonyl (C=O) groups excluding carboxylic acids is 1. The van der Waals surface area contributed by atoms with E-state index in [4.69, 9.17) is 23.2 Å². The lowest BCUT2D eigenvalue weighted by Crippen LogP contribution is -2.38. The van der Waals surface area contributed by atoms with Crippen LogP contribution in [0.1, 0.15) is 22.0 Å². The Labute approximate surface area is 123 Å². The van der Waals surface area contributed by atoms with Crippen molar-refractivity contribution >= 4 is 40.4 Å². The highest BCUT2D eigenvalue weighted by Gasteiger charge is 2.26. The van der Waals surface area contributed by atoms with Crippen LogP contribution in [0.4, 0.5) is 0 Å². The molecule has 1 aliphatic heterocycles. The number of aromatic nitrogens is 3. The van der Waals surface area contributed by atoms with Gasteiger partial charge < -0.3 is 9.47 Å². The molecule has 0 saturated carbocycles. The maximum Gasteiger partial charge on any atom is 0.256 e. The highest BCUT2D eigenvalue weighted by atomic mass is 35.5. The summed E-state index contributed by atoms with van der Waals surface area (Å²) in [4.78, 5) is 14.1. The Hall–Kier alpha value is -1.11. The minimum absolute atomic E-state index is 0.111. The second kappa shape index (κ2) is 4.77. The molecular formula is C11H10Cl2N4OS. The molecule has 3 rings (SSSR count). The Morgan fingerprint density at radius 1 is 1.37 bits per heavy atom. The molecule has 5 nitrogen and oxygen atoms in total. The average molecular weight is 317 g/mol. The van der Waals surface area contributed by atoms with E-state index in [9.17, 15) is 4.79 Å². The molecular weight excluding hydrogens is 307 g/mol. The smallest absolute Gasteiger partial charge is 0.256 e. The number of aryl methyl sites for hydroxylation is 1. The molecule has 0 aliphatic carbocycles. The number of fused-ring (bicyclic) bond motifs is 1. The van der Waals surface area contributed by atoms with E-state index in [1.807, 2.05) is 11.5 Å². The second-order valence-electron chi connectivity index (χ2n) is 4.28. The van der Waals surface area contributed by atoms with Crippen molar-refractivity contribution in [1.29, 1.82) is 0 Å². The van der Waals surface area contributed by atoms with E-state index in [1.54, 1.807) is 11.0 Å². The van der Waals surface area contributed by atoms with Gasteiger partial charge in [-0.25, -0.2) is 0 Å². The Balaban J connectivity index is 1.85. The van der Waals surface area contributed by atoms with Gasteiger partial charge in [-0.3, -0.25) is 4.79 Å². The lowest BCUT2D eigenvalue weighted by atomic mass is 10.2. The van der Waals surface area contributed by atoms with Crippen LogP contribution in [0, 0.1) is 6.92 Å². The fraction of sp³-hybridized carbons (Fsp3) is 0.364. The summed E-state index contributed by atoms with van der Waals surface area (Å²) >= 11 is 13.1. The van der Waals surface area contributed by atoms with Crippen molar-refractivity contribution in [1.82, 2.24) is 19.7 Å². The van der Waals surface area contributed by atoms with Gasteiger partial charge in [-0.05, 0) is 13.0 Å². The van der Waals surface area contributed by atoms with Crippen molar-refractivity contribution < 1.29 is 4.79 Å². The summed E-state index contributed by atoms with van der Waals surface area (Å²) in [5, 5.41) is 8.09. The lowest BCUT2D eigenvalue weighted by Gasteiger charge is -2.27. The number of rotatable bonds is 1. The largest absolute Gasteiger partial charge is 0.329 e. The van der Waals surface area contributed by atoms with Crippen LogP contribution in [0.25, 0.3) is 0 Å². The van der Waals surface area contributed by atoms with Gasteiger partial charge in [0, 0.05) is 13.1 Å². The second-order valence-corrected chi connectivity index (χ2v) is 6.57. The Morgan fingerprint density at radius 3 is 2.84 bits per heavy atom. The van der Waals surface area contributed by atoms with Crippen LogP contribution in [0.5, 0.6) is 0 Å². The van der Waals surface area contributed by atoms with Crippen LogP contribution in [0.3, 0.4) is 0 Å². The quantitative estimate of drug-likeness (QED) is 0.812. The third-order valence-corrected chi connectivity index (χ3v) is 4.60. The fourth-order valence-corrected chi connectivity index (χ4v) is 3.58. The van der Waals surface area contributed by atoms with E-state index < -0.39 is 0 Å². The SMILES string of the molecule is Cc1nnc2n1CCN(C(=O)c1cc(Cl)sc1Cl)C2. The molecule has 1 amide bonds. The first-order valence-electron chi connectivity index (χ1n) is 5.69. The Kier molecular flexibility index (Phi) is 3.24. The average Bonchev–Trinajstić information content (AvgIpc) is 2.92. The predicted octanol–water partition coefficient (Wildman–Crippen LogP) is 2.61. The van der Waals surface area contributed by atoms with Crippen molar-refractivity contribution in [2.45, 2.75) is 20.0 Å². The Morgan fingerprint density at radius 2 is 2.16 bits per heavy atom. The monoisotopic (exact) mass is 316 g/mol. The molecule has 2 aromatic heterocycles. The molecule has 0 aromatic carbocycles. The van der Waals surface area contributed by atoms with Gasteiger partial charge in [0.2, 0.25) is 0 Å². The molecule has 100 valence electrons. The maximum absolute atomic E-state index is 12.4.